The summed E-state index contributed by atoms with van der Waals surface area (Å²) in [5.74, 6) is 0.604. The number of aryl methyl sites for hydroxylation is 1. The first-order valence-electron chi connectivity index (χ1n) is 13.1. The Morgan fingerprint density at radius 3 is 2.18 bits per heavy atom. The molecule has 38 heavy (non-hydrogen) atoms. The Kier molecular flexibility index (Phi) is 8.41. The van der Waals surface area contributed by atoms with Gasteiger partial charge in [-0.25, -0.2) is 4.98 Å². The molecule has 4 aromatic rings. The van der Waals surface area contributed by atoms with Gasteiger partial charge in [0.15, 0.2) is 0 Å². The number of rotatable bonds is 9. The van der Waals surface area contributed by atoms with Gasteiger partial charge in [0.2, 0.25) is 11.9 Å². The predicted octanol–water partition coefficient (Wildman–Crippen LogP) is 6.71. The molecule has 0 bridgehead atoms. The van der Waals surface area contributed by atoms with Crippen LogP contribution in [0.15, 0.2) is 85.1 Å². The summed E-state index contributed by atoms with van der Waals surface area (Å²) in [5, 5.41) is 2.98. The molecule has 0 atom stereocenters. The van der Waals surface area contributed by atoms with Crippen molar-refractivity contribution in [3.05, 3.63) is 102 Å². The number of carbonyl (C=O) groups excluding carboxylic acids is 2. The number of nitrogens with zero attached hydrogens (tertiary/aromatic N) is 3. The molecule has 2 amide bonds. The van der Waals surface area contributed by atoms with E-state index in [1.165, 1.54) is 5.56 Å². The molecule has 6 heteroatoms. The van der Waals surface area contributed by atoms with E-state index in [4.69, 9.17) is 4.98 Å². The molecule has 0 spiro atoms. The highest BCUT2D eigenvalue weighted by Crippen LogP contribution is 2.25. The molecule has 6 nitrogen and oxygen atoms in total. The van der Waals surface area contributed by atoms with Crippen molar-refractivity contribution in [1.29, 1.82) is 0 Å². The first-order valence-corrected chi connectivity index (χ1v) is 13.1. The van der Waals surface area contributed by atoms with Crippen LogP contribution in [0.3, 0.4) is 0 Å². The lowest BCUT2D eigenvalue weighted by Gasteiger charge is -2.25. The van der Waals surface area contributed by atoms with Crippen molar-refractivity contribution < 1.29 is 9.59 Å². The Morgan fingerprint density at radius 2 is 1.55 bits per heavy atom. The maximum atomic E-state index is 13.4. The highest BCUT2D eigenvalue weighted by molar-refractivity contribution is 6.00. The summed E-state index contributed by atoms with van der Waals surface area (Å²) < 4.78 is 1.89. The van der Waals surface area contributed by atoms with Crippen LogP contribution in [0, 0.1) is 12.8 Å². The standard InChI is InChI=1S/C32H36N4O2/c1-22(2)19-35(31(38)28-14-10-9-11-24(28)5)21-30(37)34-32-33-29(26-12-7-6-8-13-26)20-36(32)27-17-15-25(16-18-27)23(3)4/h6-18,20,22-23H,19,21H2,1-5H3,(H,33,34,37). The minimum atomic E-state index is -0.294. The largest absolute Gasteiger partial charge is 0.329 e. The van der Waals surface area contributed by atoms with Gasteiger partial charge in [-0.1, -0.05) is 88.4 Å². The van der Waals surface area contributed by atoms with Crippen LogP contribution in [-0.4, -0.2) is 39.4 Å². The van der Waals surface area contributed by atoms with Crippen LogP contribution >= 0.6 is 0 Å². The number of carbonyl (C=O) groups is 2. The zero-order chi connectivity index (χ0) is 27.2. The molecule has 3 aromatic carbocycles. The van der Waals surface area contributed by atoms with Gasteiger partial charge in [0, 0.05) is 29.6 Å². The molecule has 1 heterocycles. The van der Waals surface area contributed by atoms with Gasteiger partial charge < -0.3 is 4.90 Å². The number of anilines is 1. The van der Waals surface area contributed by atoms with E-state index in [-0.39, 0.29) is 24.3 Å². The quantitative estimate of drug-likeness (QED) is 0.273. The zero-order valence-corrected chi connectivity index (χ0v) is 22.8. The summed E-state index contributed by atoms with van der Waals surface area (Å²) in [6.45, 7) is 10.7. The van der Waals surface area contributed by atoms with Crippen molar-refractivity contribution in [1.82, 2.24) is 14.5 Å². The van der Waals surface area contributed by atoms with E-state index in [9.17, 15) is 9.59 Å². The molecule has 4 rings (SSSR count). The average Bonchev–Trinajstić information content (AvgIpc) is 3.32. The summed E-state index contributed by atoms with van der Waals surface area (Å²) in [7, 11) is 0. The summed E-state index contributed by atoms with van der Waals surface area (Å²) in [4.78, 5) is 33.1. The smallest absolute Gasteiger partial charge is 0.254 e. The van der Waals surface area contributed by atoms with Gasteiger partial charge in [0.25, 0.3) is 5.91 Å². The summed E-state index contributed by atoms with van der Waals surface area (Å²) in [6.07, 6.45) is 1.93. The van der Waals surface area contributed by atoms with Crippen LogP contribution in [0.4, 0.5) is 5.95 Å². The van der Waals surface area contributed by atoms with E-state index in [1.54, 1.807) is 4.90 Å². The second kappa shape index (κ2) is 11.9. The van der Waals surface area contributed by atoms with E-state index in [0.717, 1.165) is 22.5 Å². The molecule has 0 radical (unpaired) electrons. The number of hydrogen-bond donors (Lipinski definition) is 1. The van der Waals surface area contributed by atoms with Crippen LogP contribution in [0.25, 0.3) is 16.9 Å². The van der Waals surface area contributed by atoms with Crippen molar-refractivity contribution in [2.75, 3.05) is 18.4 Å². The van der Waals surface area contributed by atoms with Crippen molar-refractivity contribution in [3.63, 3.8) is 0 Å². The Labute approximate surface area is 225 Å². The predicted molar refractivity (Wildman–Crippen MR) is 154 cm³/mol. The Hall–Kier alpha value is -4.19. The number of imidazole rings is 1. The van der Waals surface area contributed by atoms with Crippen LogP contribution in [-0.2, 0) is 4.79 Å². The summed E-state index contributed by atoms with van der Waals surface area (Å²) >= 11 is 0. The highest BCUT2D eigenvalue weighted by Gasteiger charge is 2.22. The maximum Gasteiger partial charge on any atom is 0.254 e. The van der Waals surface area contributed by atoms with E-state index < -0.39 is 0 Å². The molecule has 0 unspecified atom stereocenters. The third-order valence-corrected chi connectivity index (χ3v) is 6.45. The van der Waals surface area contributed by atoms with Crippen molar-refractivity contribution in [3.8, 4) is 16.9 Å². The van der Waals surface area contributed by atoms with Gasteiger partial charge in [0.1, 0.15) is 6.54 Å². The minimum Gasteiger partial charge on any atom is -0.329 e. The number of nitrogens with one attached hydrogen (secondary N) is 1. The molecular weight excluding hydrogens is 472 g/mol. The van der Waals surface area contributed by atoms with Gasteiger partial charge >= 0.3 is 0 Å². The van der Waals surface area contributed by atoms with Crippen LogP contribution in [0.1, 0.15) is 55.1 Å². The van der Waals surface area contributed by atoms with E-state index in [1.807, 2.05) is 98.3 Å². The third kappa shape index (κ3) is 6.38. The Morgan fingerprint density at radius 1 is 0.895 bits per heavy atom. The van der Waals surface area contributed by atoms with Crippen molar-refractivity contribution in [2.24, 2.45) is 5.92 Å². The van der Waals surface area contributed by atoms with E-state index in [2.05, 4.69) is 31.3 Å². The molecule has 0 aliphatic heterocycles. The lowest BCUT2D eigenvalue weighted by molar-refractivity contribution is -0.117. The molecule has 0 saturated heterocycles. The third-order valence-electron chi connectivity index (χ3n) is 6.45. The second-order valence-electron chi connectivity index (χ2n) is 10.4. The fourth-order valence-electron chi connectivity index (χ4n) is 4.41. The van der Waals surface area contributed by atoms with E-state index >= 15 is 0 Å². The molecule has 1 aromatic heterocycles. The average molecular weight is 509 g/mol. The lowest BCUT2D eigenvalue weighted by Crippen LogP contribution is -2.40. The molecule has 0 aliphatic rings. The minimum absolute atomic E-state index is 0.0643. The van der Waals surface area contributed by atoms with Crippen LogP contribution in [0.5, 0.6) is 0 Å². The molecule has 1 N–H and O–H groups in total. The monoisotopic (exact) mass is 508 g/mol. The Balaban J connectivity index is 1.63. The summed E-state index contributed by atoms with van der Waals surface area (Å²) in [6, 6.07) is 25.6. The topological polar surface area (TPSA) is 67.2 Å². The van der Waals surface area contributed by atoms with Gasteiger partial charge in [0.05, 0.1) is 5.69 Å². The molecular formula is C32H36N4O2. The molecule has 0 saturated carbocycles. The zero-order valence-electron chi connectivity index (χ0n) is 22.8. The number of benzene rings is 3. The van der Waals surface area contributed by atoms with Crippen molar-refractivity contribution >= 4 is 17.8 Å². The second-order valence-corrected chi connectivity index (χ2v) is 10.4. The fraction of sp³-hybridized carbons (Fsp3) is 0.281. The van der Waals surface area contributed by atoms with Gasteiger partial charge in [-0.2, -0.15) is 0 Å². The van der Waals surface area contributed by atoms with Crippen LogP contribution in [0.2, 0.25) is 0 Å². The van der Waals surface area contributed by atoms with Gasteiger partial charge in [-0.3, -0.25) is 19.5 Å². The molecule has 0 fully saturated rings. The Bertz CT molecular complexity index is 1390. The number of hydrogen-bond acceptors (Lipinski definition) is 3. The molecule has 196 valence electrons. The lowest BCUT2D eigenvalue weighted by atomic mass is 10.0. The maximum absolute atomic E-state index is 13.4. The van der Waals surface area contributed by atoms with Crippen molar-refractivity contribution in [2.45, 2.75) is 40.5 Å². The first-order chi connectivity index (χ1) is 18.2. The number of amides is 2. The normalized spacial score (nSPS) is 11.1. The number of aromatic nitrogens is 2. The highest BCUT2D eigenvalue weighted by atomic mass is 16.2. The van der Waals surface area contributed by atoms with Gasteiger partial charge in [-0.05, 0) is 48.1 Å². The van der Waals surface area contributed by atoms with Gasteiger partial charge in [-0.15, -0.1) is 0 Å². The molecule has 0 aliphatic carbocycles. The first kappa shape index (κ1) is 26.9. The fourth-order valence-corrected chi connectivity index (χ4v) is 4.41. The van der Waals surface area contributed by atoms with E-state index in [0.29, 0.717) is 24.0 Å². The SMILES string of the molecule is Cc1ccccc1C(=O)N(CC(=O)Nc1nc(-c2ccccc2)cn1-c1ccc(C(C)C)cc1)CC(C)C. The van der Waals surface area contributed by atoms with Crippen LogP contribution < -0.4 is 5.32 Å². The summed E-state index contributed by atoms with van der Waals surface area (Å²) in [5.41, 5.74) is 5.34.